The highest BCUT2D eigenvalue weighted by Gasteiger charge is 2.38. The van der Waals surface area contributed by atoms with Crippen LogP contribution in [0.5, 0.6) is 11.5 Å². The minimum absolute atomic E-state index is 0.127. The SMILES string of the molecule is COc1ccc2c(c1)CC(C(=O)N1CCCC1C(=O)O)CO2. The highest BCUT2D eigenvalue weighted by molar-refractivity contribution is 5.86. The first-order valence-corrected chi connectivity index (χ1v) is 7.43. The van der Waals surface area contributed by atoms with E-state index in [4.69, 9.17) is 9.47 Å². The van der Waals surface area contributed by atoms with E-state index in [0.717, 1.165) is 23.5 Å². The Morgan fingerprint density at radius 2 is 2.23 bits per heavy atom. The number of hydrogen-bond acceptors (Lipinski definition) is 4. The summed E-state index contributed by atoms with van der Waals surface area (Å²) in [6.07, 6.45) is 1.81. The fraction of sp³-hybridized carbons (Fsp3) is 0.500. The second-order valence-corrected chi connectivity index (χ2v) is 5.71. The zero-order valence-corrected chi connectivity index (χ0v) is 12.4. The van der Waals surface area contributed by atoms with Crippen LogP contribution in [0.2, 0.25) is 0 Å². The third-order valence-corrected chi connectivity index (χ3v) is 4.34. The van der Waals surface area contributed by atoms with Crippen molar-refractivity contribution in [2.45, 2.75) is 25.3 Å². The maximum atomic E-state index is 12.6. The van der Waals surface area contributed by atoms with Gasteiger partial charge in [0.05, 0.1) is 13.0 Å². The minimum Gasteiger partial charge on any atom is -0.497 e. The number of aliphatic carboxylic acids is 1. The lowest BCUT2D eigenvalue weighted by Crippen LogP contribution is -2.46. The number of nitrogens with zero attached hydrogens (tertiary/aromatic N) is 1. The maximum absolute atomic E-state index is 12.6. The molecule has 2 heterocycles. The van der Waals surface area contributed by atoms with Crippen LogP contribution in [0.15, 0.2) is 18.2 Å². The molecule has 1 aromatic rings. The van der Waals surface area contributed by atoms with E-state index < -0.39 is 12.0 Å². The first kappa shape index (κ1) is 14.7. The minimum atomic E-state index is -0.926. The average Bonchev–Trinajstić information content (AvgIpc) is 3.02. The van der Waals surface area contributed by atoms with Gasteiger partial charge in [0.2, 0.25) is 5.91 Å². The Kier molecular flexibility index (Phi) is 3.92. The number of carbonyl (C=O) groups excluding carboxylic acids is 1. The van der Waals surface area contributed by atoms with E-state index in [2.05, 4.69) is 0 Å². The first-order chi connectivity index (χ1) is 10.6. The summed E-state index contributed by atoms with van der Waals surface area (Å²) in [4.78, 5) is 25.4. The van der Waals surface area contributed by atoms with Crippen molar-refractivity contribution in [1.29, 1.82) is 0 Å². The lowest BCUT2D eigenvalue weighted by Gasteiger charge is -2.30. The zero-order chi connectivity index (χ0) is 15.7. The number of hydrogen-bond donors (Lipinski definition) is 1. The molecule has 6 heteroatoms. The largest absolute Gasteiger partial charge is 0.497 e. The molecule has 2 atom stereocenters. The van der Waals surface area contributed by atoms with Gasteiger partial charge in [0.15, 0.2) is 0 Å². The lowest BCUT2D eigenvalue weighted by atomic mass is 9.95. The number of carboxylic acid groups (broad SMARTS) is 1. The van der Waals surface area contributed by atoms with Crippen LogP contribution in [0.4, 0.5) is 0 Å². The van der Waals surface area contributed by atoms with Gasteiger partial charge in [-0.2, -0.15) is 0 Å². The summed E-state index contributed by atoms with van der Waals surface area (Å²) in [5.41, 5.74) is 0.926. The maximum Gasteiger partial charge on any atom is 0.326 e. The van der Waals surface area contributed by atoms with E-state index in [1.165, 1.54) is 4.90 Å². The number of carboxylic acids is 1. The Balaban J connectivity index is 1.76. The zero-order valence-electron chi connectivity index (χ0n) is 12.4. The van der Waals surface area contributed by atoms with Crippen molar-refractivity contribution < 1.29 is 24.2 Å². The predicted molar refractivity (Wildman–Crippen MR) is 78.1 cm³/mol. The van der Waals surface area contributed by atoms with Gasteiger partial charge >= 0.3 is 5.97 Å². The van der Waals surface area contributed by atoms with E-state index in [-0.39, 0.29) is 11.8 Å². The van der Waals surface area contributed by atoms with Crippen LogP contribution in [-0.4, -0.2) is 48.2 Å². The number of likely N-dealkylation sites (tertiary alicyclic amines) is 1. The number of carbonyl (C=O) groups is 2. The summed E-state index contributed by atoms with van der Waals surface area (Å²) < 4.78 is 10.9. The molecular formula is C16H19NO5. The van der Waals surface area contributed by atoms with Crippen molar-refractivity contribution >= 4 is 11.9 Å². The van der Waals surface area contributed by atoms with Crippen LogP contribution in [0.1, 0.15) is 18.4 Å². The number of methoxy groups -OCH3 is 1. The molecule has 22 heavy (non-hydrogen) atoms. The van der Waals surface area contributed by atoms with Crippen molar-refractivity contribution in [2.75, 3.05) is 20.3 Å². The molecule has 6 nitrogen and oxygen atoms in total. The van der Waals surface area contributed by atoms with Gasteiger partial charge in [0.1, 0.15) is 24.1 Å². The van der Waals surface area contributed by atoms with Gasteiger partial charge in [0.25, 0.3) is 0 Å². The van der Waals surface area contributed by atoms with Crippen molar-refractivity contribution in [2.24, 2.45) is 5.92 Å². The van der Waals surface area contributed by atoms with Gasteiger partial charge in [-0.15, -0.1) is 0 Å². The van der Waals surface area contributed by atoms with Gasteiger partial charge in [0, 0.05) is 6.54 Å². The van der Waals surface area contributed by atoms with Gasteiger partial charge in [-0.1, -0.05) is 0 Å². The summed E-state index contributed by atoms with van der Waals surface area (Å²) >= 11 is 0. The molecular weight excluding hydrogens is 286 g/mol. The molecule has 1 aromatic carbocycles. The molecule has 0 aliphatic carbocycles. The predicted octanol–water partition coefficient (Wildman–Crippen LogP) is 1.32. The molecule has 3 rings (SSSR count). The number of ether oxygens (including phenoxy) is 2. The van der Waals surface area contributed by atoms with Crippen molar-refractivity contribution in [3.05, 3.63) is 23.8 Å². The number of rotatable bonds is 3. The Labute approximate surface area is 128 Å². The van der Waals surface area contributed by atoms with E-state index in [0.29, 0.717) is 26.0 Å². The van der Waals surface area contributed by atoms with Gasteiger partial charge in [-0.25, -0.2) is 4.79 Å². The van der Waals surface area contributed by atoms with Crippen LogP contribution in [0.25, 0.3) is 0 Å². The molecule has 2 aliphatic rings. The van der Waals surface area contributed by atoms with Crippen molar-refractivity contribution in [1.82, 2.24) is 4.90 Å². The lowest BCUT2D eigenvalue weighted by molar-refractivity contribution is -0.150. The highest BCUT2D eigenvalue weighted by Crippen LogP contribution is 2.32. The molecule has 2 unspecified atom stereocenters. The Morgan fingerprint density at radius 3 is 2.95 bits per heavy atom. The fourth-order valence-electron chi connectivity index (χ4n) is 3.18. The molecule has 0 aromatic heterocycles. The summed E-state index contributed by atoms with van der Waals surface area (Å²) in [5.74, 6) is 0.101. The molecule has 1 N–H and O–H groups in total. The van der Waals surface area contributed by atoms with Gasteiger partial charge in [-0.3, -0.25) is 4.79 Å². The number of amides is 1. The Morgan fingerprint density at radius 1 is 1.41 bits per heavy atom. The second-order valence-electron chi connectivity index (χ2n) is 5.71. The van der Waals surface area contributed by atoms with Crippen LogP contribution >= 0.6 is 0 Å². The quantitative estimate of drug-likeness (QED) is 0.911. The van der Waals surface area contributed by atoms with Crippen LogP contribution < -0.4 is 9.47 Å². The summed E-state index contributed by atoms with van der Waals surface area (Å²) in [6, 6.07) is 4.83. The molecule has 1 saturated heterocycles. The summed E-state index contributed by atoms with van der Waals surface area (Å²) in [5, 5.41) is 9.22. The van der Waals surface area contributed by atoms with Gasteiger partial charge in [-0.05, 0) is 43.0 Å². The smallest absolute Gasteiger partial charge is 0.326 e. The Bertz CT molecular complexity index is 600. The number of fused-ring (bicyclic) bond motifs is 1. The molecule has 118 valence electrons. The van der Waals surface area contributed by atoms with Gasteiger partial charge < -0.3 is 19.5 Å². The van der Waals surface area contributed by atoms with Crippen LogP contribution in [-0.2, 0) is 16.0 Å². The van der Waals surface area contributed by atoms with Crippen LogP contribution in [0, 0.1) is 5.92 Å². The summed E-state index contributed by atoms with van der Waals surface area (Å²) in [7, 11) is 1.59. The standard InChI is InChI=1S/C16H19NO5/c1-21-12-4-5-14-10(8-12)7-11(9-22-14)15(18)17-6-2-3-13(17)16(19)20/h4-5,8,11,13H,2-3,6-7,9H2,1H3,(H,19,20). The topological polar surface area (TPSA) is 76.1 Å². The first-order valence-electron chi connectivity index (χ1n) is 7.43. The number of benzene rings is 1. The fourth-order valence-corrected chi connectivity index (χ4v) is 3.18. The molecule has 0 saturated carbocycles. The van der Waals surface area contributed by atoms with E-state index in [1.807, 2.05) is 18.2 Å². The van der Waals surface area contributed by atoms with Crippen molar-refractivity contribution in [3.63, 3.8) is 0 Å². The summed E-state index contributed by atoms with van der Waals surface area (Å²) in [6.45, 7) is 0.804. The Hall–Kier alpha value is -2.24. The average molecular weight is 305 g/mol. The second kappa shape index (κ2) is 5.87. The molecule has 1 fully saturated rings. The third-order valence-electron chi connectivity index (χ3n) is 4.34. The van der Waals surface area contributed by atoms with Crippen LogP contribution in [0.3, 0.4) is 0 Å². The molecule has 2 aliphatic heterocycles. The third kappa shape index (κ3) is 2.61. The van der Waals surface area contributed by atoms with E-state index in [1.54, 1.807) is 7.11 Å². The normalized spacial score (nSPS) is 23.6. The molecule has 0 bridgehead atoms. The molecule has 0 radical (unpaired) electrons. The van der Waals surface area contributed by atoms with E-state index >= 15 is 0 Å². The molecule has 0 spiro atoms. The highest BCUT2D eigenvalue weighted by atomic mass is 16.5. The van der Waals surface area contributed by atoms with Crippen molar-refractivity contribution in [3.8, 4) is 11.5 Å². The monoisotopic (exact) mass is 305 g/mol. The molecule has 1 amide bonds. The van der Waals surface area contributed by atoms with E-state index in [9.17, 15) is 14.7 Å².